The topological polar surface area (TPSA) is 28.0 Å². The van der Waals surface area contributed by atoms with Crippen molar-refractivity contribution in [1.82, 2.24) is 0 Å². The second-order valence-corrected chi connectivity index (χ2v) is 7.46. The van der Waals surface area contributed by atoms with Crippen LogP contribution in [0.3, 0.4) is 0 Å². The molecule has 146 valence electrons. The Kier molecular flexibility index (Phi) is 4.52. The van der Waals surface area contributed by atoms with E-state index in [-0.39, 0.29) is 5.41 Å². The predicted octanol–water partition coefficient (Wildman–Crippen LogP) is 5.86. The summed E-state index contributed by atoms with van der Waals surface area (Å²) in [6, 6.07) is 13.3. The van der Waals surface area contributed by atoms with Crippen molar-refractivity contribution < 1.29 is 13.2 Å². The number of benzene rings is 2. The Hall–Kier alpha value is -2.63. The second kappa shape index (κ2) is 6.76. The molecule has 0 aliphatic carbocycles. The van der Waals surface area contributed by atoms with Crippen molar-refractivity contribution in [2.45, 2.75) is 32.9 Å². The van der Waals surface area contributed by atoms with Gasteiger partial charge < -0.3 is 4.90 Å². The van der Waals surface area contributed by atoms with Gasteiger partial charge in [-0.2, -0.15) is 13.2 Å². The van der Waals surface area contributed by atoms with E-state index >= 15 is 0 Å². The third kappa shape index (κ3) is 3.11. The molecule has 2 aromatic carbocycles. The highest BCUT2D eigenvalue weighted by Crippen LogP contribution is 2.43. The van der Waals surface area contributed by atoms with E-state index in [9.17, 15) is 13.2 Å². The lowest BCUT2D eigenvalue weighted by Gasteiger charge is -2.43. The molecule has 0 spiro atoms. The fourth-order valence-electron chi connectivity index (χ4n) is 3.87. The van der Waals surface area contributed by atoms with E-state index in [1.54, 1.807) is 0 Å². The summed E-state index contributed by atoms with van der Waals surface area (Å²) in [5, 5.41) is 0. The Labute approximate surface area is 162 Å². The van der Waals surface area contributed by atoms with E-state index in [0.717, 1.165) is 42.9 Å². The highest BCUT2D eigenvalue weighted by molar-refractivity contribution is 6.53. The molecule has 2 aliphatic heterocycles. The number of nitrogens with zero attached hydrogens (tertiary/aromatic N) is 3. The van der Waals surface area contributed by atoms with Crippen molar-refractivity contribution >= 4 is 22.9 Å². The predicted molar refractivity (Wildman–Crippen MR) is 107 cm³/mol. The van der Waals surface area contributed by atoms with E-state index in [1.807, 2.05) is 30.3 Å². The first-order valence-corrected chi connectivity index (χ1v) is 9.54. The first-order valence-electron chi connectivity index (χ1n) is 9.54. The molecule has 0 saturated carbocycles. The zero-order valence-corrected chi connectivity index (χ0v) is 15.9. The molecule has 0 amide bonds. The van der Waals surface area contributed by atoms with Gasteiger partial charge in [0.25, 0.3) is 0 Å². The summed E-state index contributed by atoms with van der Waals surface area (Å²) in [5.74, 6) is 0.746. The monoisotopic (exact) mass is 385 g/mol. The Balaban J connectivity index is 1.90. The van der Waals surface area contributed by atoms with E-state index < -0.39 is 11.7 Å². The Morgan fingerprint density at radius 3 is 2.39 bits per heavy atom. The largest absolute Gasteiger partial charge is 0.416 e. The lowest BCUT2D eigenvalue weighted by atomic mass is 9.80. The average molecular weight is 385 g/mol. The number of halogens is 3. The van der Waals surface area contributed by atoms with Gasteiger partial charge >= 0.3 is 6.18 Å². The summed E-state index contributed by atoms with van der Waals surface area (Å²) in [6.07, 6.45) is -2.47. The SMILES string of the molecule is CCC1(CC)CN=C2C(c3ccccc3)=Nc3cc(C(F)(F)F)ccc3N2C1. The summed E-state index contributed by atoms with van der Waals surface area (Å²) >= 11 is 0. The van der Waals surface area contributed by atoms with Crippen LogP contribution in [0.25, 0.3) is 0 Å². The number of aliphatic imine (C=N–C) groups is 2. The molecule has 2 heterocycles. The van der Waals surface area contributed by atoms with Gasteiger partial charge in [-0.25, -0.2) is 4.99 Å². The molecular weight excluding hydrogens is 363 g/mol. The highest BCUT2D eigenvalue weighted by Gasteiger charge is 2.40. The van der Waals surface area contributed by atoms with Gasteiger partial charge in [-0.15, -0.1) is 0 Å². The van der Waals surface area contributed by atoms with Crippen molar-refractivity contribution in [1.29, 1.82) is 0 Å². The van der Waals surface area contributed by atoms with Gasteiger partial charge in [-0.1, -0.05) is 44.2 Å². The first kappa shape index (κ1) is 18.7. The molecule has 2 aromatic rings. The molecule has 0 saturated heterocycles. The first-order chi connectivity index (χ1) is 13.4. The fraction of sp³-hybridized carbons (Fsp3) is 0.364. The Morgan fingerprint density at radius 2 is 1.75 bits per heavy atom. The van der Waals surface area contributed by atoms with Gasteiger partial charge in [-0.3, -0.25) is 4.99 Å². The van der Waals surface area contributed by atoms with Crippen LogP contribution in [0.2, 0.25) is 0 Å². The average Bonchev–Trinajstić information content (AvgIpc) is 2.72. The minimum atomic E-state index is -4.40. The molecule has 0 fully saturated rings. The molecule has 4 rings (SSSR count). The van der Waals surface area contributed by atoms with Gasteiger partial charge in [0.15, 0.2) is 5.84 Å². The molecule has 2 aliphatic rings. The lowest BCUT2D eigenvalue weighted by molar-refractivity contribution is -0.137. The van der Waals surface area contributed by atoms with Crippen LogP contribution < -0.4 is 4.90 Å². The van der Waals surface area contributed by atoms with Crippen molar-refractivity contribution in [3.05, 3.63) is 59.7 Å². The molecule has 0 aromatic heterocycles. The zero-order valence-electron chi connectivity index (χ0n) is 15.9. The summed E-state index contributed by atoms with van der Waals surface area (Å²) in [7, 11) is 0. The zero-order chi connectivity index (χ0) is 19.9. The highest BCUT2D eigenvalue weighted by atomic mass is 19.4. The summed E-state index contributed by atoms with van der Waals surface area (Å²) in [4.78, 5) is 11.5. The quantitative estimate of drug-likeness (QED) is 0.650. The number of rotatable bonds is 3. The summed E-state index contributed by atoms with van der Waals surface area (Å²) in [5.41, 5.74) is 1.86. The van der Waals surface area contributed by atoms with Crippen molar-refractivity contribution in [2.75, 3.05) is 18.0 Å². The molecule has 0 bridgehead atoms. The number of fused-ring (bicyclic) bond motifs is 3. The van der Waals surface area contributed by atoms with Gasteiger partial charge in [0.1, 0.15) is 5.71 Å². The van der Waals surface area contributed by atoms with E-state index in [2.05, 4.69) is 23.7 Å². The third-order valence-electron chi connectivity index (χ3n) is 5.90. The van der Waals surface area contributed by atoms with Crippen LogP contribution in [-0.4, -0.2) is 24.6 Å². The van der Waals surface area contributed by atoms with Crippen molar-refractivity contribution in [2.24, 2.45) is 15.4 Å². The Bertz CT molecular complexity index is 941. The van der Waals surface area contributed by atoms with Crippen LogP contribution in [-0.2, 0) is 6.18 Å². The molecule has 3 nitrogen and oxygen atoms in total. The number of hydrogen-bond donors (Lipinski definition) is 0. The maximum absolute atomic E-state index is 13.3. The molecule has 0 unspecified atom stereocenters. The number of hydrogen-bond acceptors (Lipinski definition) is 3. The van der Waals surface area contributed by atoms with Gasteiger partial charge in [0, 0.05) is 24.1 Å². The maximum Gasteiger partial charge on any atom is 0.416 e. The minimum absolute atomic E-state index is 0.0165. The van der Waals surface area contributed by atoms with E-state index in [0.29, 0.717) is 23.6 Å². The standard InChI is InChI=1S/C22H22F3N3/c1-3-21(4-2)13-26-20-19(15-8-6-5-7-9-15)27-17-12-16(22(23,24)25)10-11-18(17)28(20)14-21/h5-12H,3-4,13-14H2,1-2H3. The van der Waals surface area contributed by atoms with Crippen molar-refractivity contribution in [3.63, 3.8) is 0 Å². The van der Waals surface area contributed by atoms with Gasteiger partial charge in [0.2, 0.25) is 0 Å². The smallest absolute Gasteiger partial charge is 0.322 e. The maximum atomic E-state index is 13.3. The molecule has 0 radical (unpaired) electrons. The van der Waals surface area contributed by atoms with E-state index in [1.165, 1.54) is 6.07 Å². The minimum Gasteiger partial charge on any atom is -0.322 e. The molecule has 6 heteroatoms. The number of anilines is 1. The normalized spacial score (nSPS) is 18.1. The number of alkyl halides is 3. The number of amidine groups is 1. The third-order valence-corrected chi connectivity index (χ3v) is 5.90. The van der Waals surface area contributed by atoms with Crippen molar-refractivity contribution in [3.8, 4) is 0 Å². The molecule has 0 atom stereocenters. The van der Waals surface area contributed by atoms with Crippen LogP contribution in [0.5, 0.6) is 0 Å². The lowest BCUT2D eigenvalue weighted by Crippen LogP contribution is -2.51. The van der Waals surface area contributed by atoms with Crippen LogP contribution in [0.15, 0.2) is 58.5 Å². The second-order valence-electron chi connectivity index (χ2n) is 7.46. The van der Waals surface area contributed by atoms with Crippen LogP contribution in [0.4, 0.5) is 24.5 Å². The summed E-state index contributed by atoms with van der Waals surface area (Å²) < 4.78 is 39.8. The van der Waals surface area contributed by atoms with Gasteiger partial charge in [-0.05, 0) is 31.0 Å². The van der Waals surface area contributed by atoms with Crippen LogP contribution in [0, 0.1) is 5.41 Å². The molecular formula is C22H22F3N3. The Morgan fingerprint density at radius 1 is 1.04 bits per heavy atom. The molecule has 28 heavy (non-hydrogen) atoms. The van der Waals surface area contributed by atoms with E-state index in [4.69, 9.17) is 4.99 Å². The molecule has 0 N–H and O–H groups in total. The van der Waals surface area contributed by atoms with Crippen LogP contribution in [0.1, 0.15) is 37.8 Å². The van der Waals surface area contributed by atoms with Gasteiger partial charge in [0.05, 0.1) is 16.9 Å². The summed E-state index contributed by atoms with van der Waals surface area (Å²) in [6.45, 7) is 5.72. The fourth-order valence-corrected chi connectivity index (χ4v) is 3.87. The van der Waals surface area contributed by atoms with Crippen LogP contribution >= 0.6 is 0 Å².